The Bertz CT molecular complexity index is 601. The average Bonchev–Trinajstić information content (AvgIpc) is 2.74. The fourth-order valence-electron chi connectivity index (χ4n) is 1.67. The minimum atomic E-state index is 0.589. The van der Waals surface area contributed by atoms with E-state index in [1.807, 2.05) is 37.1 Å². The molecule has 2 aromatic rings. The summed E-state index contributed by atoms with van der Waals surface area (Å²) in [5.74, 6) is 0.710. The van der Waals surface area contributed by atoms with Gasteiger partial charge in [-0.1, -0.05) is 11.6 Å². The molecule has 5 heteroatoms. The smallest absolute Gasteiger partial charge is 0.146 e. The highest BCUT2D eigenvalue weighted by molar-refractivity contribution is 7.16. The lowest BCUT2D eigenvalue weighted by molar-refractivity contribution is 0.903. The van der Waals surface area contributed by atoms with Crippen molar-refractivity contribution in [3.63, 3.8) is 0 Å². The van der Waals surface area contributed by atoms with Crippen molar-refractivity contribution in [1.82, 2.24) is 4.98 Å². The third-order valence-corrected chi connectivity index (χ3v) is 3.73. The summed E-state index contributed by atoms with van der Waals surface area (Å²) in [7, 11) is 1.93. The lowest BCUT2D eigenvalue weighted by atomic mass is 10.2. The summed E-state index contributed by atoms with van der Waals surface area (Å²) in [4.78, 5) is 7.54. The first-order valence-corrected chi connectivity index (χ1v) is 6.62. The monoisotopic (exact) mass is 277 g/mol. The van der Waals surface area contributed by atoms with Crippen molar-refractivity contribution in [2.45, 2.75) is 13.5 Å². The van der Waals surface area contributed by atoms with Crippen molar-refractivity contribution in [1.29, 1.82) is 5.26 Å². The Labute approximate surface area is 115 Å². The molecule has 0 atom stereocenters. The van der Waals surface area contributed by atoms with Gasteiger partial charge in [0.05, 0.1) is 16.4 Å². The molecule has 3 nitrogen and oxygen atoms in total. The second kappa shape index (κ2) is 5.38. The summed E-state index contributed by atoms with van der Waals surface area (Å²) in [6.45, 7) is 2.61. The van der Waals surface area contributed by atoms with Crippen LogP contribution in [0.1, 0.15) is 16.1 Å². The van der Waals surface area contributed by atoms with Gasteiger partial charge in [-0.15, -0.1) is 11.3 Å². The van der Waals surface area contributed by atoms with Crippen LogP contribution in [0.5, 0.6) is 0 Å². The minimum absolute atomic E-state index is 0.589. The Kier molecular flexibility index (Phi) is 3.85. The topological polar surface area (TPSA) is 39.9 Å². The molecule has 2 heterocycles. The van der Waals surface area contributed by atoms with E-state index in [0.717, 1.165) is 14.9 Å². The Morgan fingerprint density at radius 1 is 1.39 bits per heavy atom. The molecule has 0 fully saturated rings. The number of nitrogens with zero attached hydrogens (tertiary/aromatic N) is 3. The molecule has 2 aromatic heterocycles. The van der Waals surface area contributed by atoms with Crippen LogP contribution in [0.3, 0.4) is 0 Å². The molecule has 0 aromatic carbocycles. The molecule has 0 bridgehead atoms. The lowest BCUT2D eigenvalue weighted by Crippen LogP contribution is -2.18. The van der Waals surface area contributed by atoms with Crippen molar-refractivity contribution in [3.05, 3.63) is 44.7 Å². The Morgan fingerprint density at radius 3 is 2.78 bits per heavy atom. The van der Waals surface area contributed by atoms with Crippen molar-refractivity contribution in [2.75, 3.05) is 11.9 Å². The van der Waals surface area contributed by atoms with Crippen molar-refractivity contribution in [2.24, 2.45) is 0 Å². The molecule has 0 amide bonds. The van der Waals surface area contributed by atoms with E-state index in [1.165, 1.54) is 0 Å². The minimum Gasteiger partial charge on any atom is -0.353 e. The maximum Gasteiger partial charge on any atom is 0.146 e. The van der Waals surface area contributed by atoms with E-state index in [-0.39, 0.29) is 0 Å². The lowest BCUT2D eigenvalue weighted by Gasteiger charge is -2.18. The Morgan fingerprint density at radius 2 is 2.17 bits per heavy atom. The van der Waals surface area contributed by atoms with Gasteiger partial charge in [-0.3, -0.25) is 0 Å². The summed E-state index contributed by atoms with van der Waals surface area (Å²) in [6.07, 6.45) is 0. The Hall–Kier alpha value is -1.57. The molecular weight excluding hydrogens is 266 g/mol. The summed E-state index contributed by atoms with van der Waals surface area (Å²) in [5.41, 5.74) is 1.49. The van der Waals surface area contributed by atoms with Crippen LogP contribution in [-0.2, 0) is 6.54 Å². The predicted octanol–water partition coefficient (Wildman–Crippen LogP) is 3.61. The van der Waals surface area contributed by atoms with E-state index in [1.54, 1.807) is 17.4 Å². The zero-order valence-corrected chi connectivity index (χ0v) is 11.7. The highest BCUT2D eigenvalue weighted by atomic mass is 35.5. The van der Waals surface area contributed by atoms with E-state index >= 15 is 0 Å². The fraction of sp³-hybridized carbons (Fsp3) is 0.231. The van der Waals surface area contributed by atoms with Crippen LogP contribution in [0, 0.1) is 18.3 Å². The van der Waals surface area contributed by atoms with Gasteiger partial charge in [0.2, 0.25) is 0 Å². The first-order chi connectivity index (χ1) is 8.60. The van der Waals surface area contributed by atoms with Crippen LogP contribution in [0.4, 0.5) is 5.82 Å². The molecule has 0 saturated carbocycles. The van der Waals surface area contributed by atoms with Crippen molar-refractivity contribution >= 4 is 28.8 Å². The van der Waals surface area contributed by atoms with Crippen molar-refractivity contribution in [3.8, 4) is 6.07 Å². The number of pyridine rings is 1. The van der Waals surface area contributed by atoms with Gasteiger partial charge in [-0.05, 0) is 31.2 Å². The number of hydrogen-bond donors (Lipinski definition) is 0. The molecule has 0 spiro atoms. The molecule has 0 N–H and O–H groups in total. The van der Waals surface area contributed by atoms with E-state index in [4.69, 9.17) is 16.9 Å². The number of aromatic nitrogens is 1. The van der Waals surface area contributed by atoms with E-state index in [2.05, 4.69) is 11.1 Å². The molecule has 0 saturated heterocycles. The van der Waals surface area contributed by atoms with Gasteiger partial charge in [-0.25, -0.2) is 4.98 Å². The third kappa shape index (κ3) is 2.81. The molecule has 0 aliphatic heterocycles. The quantitative estimate of drug-likeness (QED) is 0.860. The van der Waals surface area contributed by atoms with Crippen LogP contribution in [0.25, 0.3) is 0 Å². The maximum atomic E-state index is 9.09. The molecule has 0 aliphatic rings. The van der Waals surface area contributed by atoms with Crippen LogP contribution >= 0.6 is 22.9 Å². The van der Waals surface area contributed by atoms with Crippen molar-refractivity contribution < 1.29 is 0 Å². The van der Waals surface area contributed by atoms with Crippen LogP contribution < -0.4 is 4.90 Å². The van der Waals surface area contributed by atoms with E-state index in [9.17, 15) is 0 Å². The van der Waals surface area contributed by atoms with Gasteiger partial charge < -0.3 is 4.90 Å². The number of halogens is 1. The molecule has 0 radical (unpaired) electrons. The number of aryl methyl sites for hydroxylation is 1. The number of nitriles is 1. The Balaban J connectivity index is 2.26. The number of thiophene rings is 1. The second-order valence-electron chi connectivity index (χ2n) is 4.00. The molecule has 92 valence electrons. The predicted molar refractivity (Wildman–Crippen MR) is 75.1 cm³/mol. The normalized spacial score (nSPS) is 10.1. The van der Waals surface area contributed by atoms with E-state index < -0.39 is 0 Å². The average molecular weight is 278 g/mol. The van der Waals surface area contributed by atoms with Gasteiger partial charge in [-0.2, -0.15) is 5.26 Å². The third-order valence-electron chi connectivity index (χ3n) is 2.52. The number of anilines is 1. The number of hydrogen-bond acceptors (Lipinski definition) is 4. The van der Waals surface area contributed by atoms with Gasteiger partial charge in [0.25, 0.3) is 0 Å². The van der Waals surface area contributed by atoms with Gasteiger partial charge >= 0.3 is 0 Å². The second-order valence-corrected chi connectivity index (χ2v) is 5.80. The fourth-order valence-corrected chi connectivity index (χ4v) is 2.81. The maximum absolute atomic E-state index is 9.09. The zero-order chi connectivity index (χ0) is 13.1. The first kappa shape index (κ1) is 12.9. The molecule has 0 aliphatic carbocycles. The summed E-state index contributed by atoms with van der Waals surface area (Å²) < 4.78 is 0.774. The summed E-state index contributed by atoms with van der Waals surface area (Å²) in [6, 6.07) is 9.68. The summed E-state index contributed by atoms with van der Waals surface area (Å²) in [5, 5.41) is 9.09. The highest BCUT2D eigenvalue weighted by Crippen LogP contribution is 2.25. The summed E-state index contributed by atoms with van der Waals surface area (Å²) >= 11 is 7.45. The standard InChI is InChI=1S/C13H12ClN3S/c1-9-3-4-10(7-15)13(16-9)17(2)8-11-5-6-12(14)18-11/h3-6H,8H2,1-2H3. The van der Waals surface area contributed by atoms with Gasteiger partial charge in [0, 0.05) is 17.6 Å². The van der Waals surface area contributed by atoms with Gasteiger partial charge in [0.15, 0.2) is 0 Å². The molecule has 2 rings (SSSR count). The highest BCUT2D eigenvalue weighted by Gasteiger charge is 2.11. The first-order valence-electron chi connectivity index (χ1n) is 5.43. The van der Waals surface area contributed by atoms with Crippen LogP contribution in [0.2, 0.25) is 4.34 Å². The van der Waals surface area contributed by atoms with E-state index in [0.29, 0.717) is 17.9 Å². The van der Waals surface area contributed by atoms with Gasteiger partial charge in [0.1, 0.15) is 11.9 Å². The largest absolute Gasteiger partial charge is 0.353 e. The SMILES string of the molecule is Cc1ccc(C#N)c(N(C)Cc2ccc(Cl)s2)n1. The van der Waals surface area contributed by atoms with Crippen LogP contribution in [0.15, 0.2) is 24.3 Å². The number of rotatable bonds is 3. The van der Waals surface area contributed by atoms with Crippen LogP contribution in [-0.4, -0.2) is 12.0 Å². The zero-order valence-electron chi connectivity index (χ0n) is 10.1. The molecule has 18 heavy (non-hydrogen) atoms. The molecule has 0 unspecified atom stereocenters. The molecular formula is C13H12ClN3S.